The van der Waals surface area contributed by atoms with Gasteiger partial charge in [-0.1, -0.05) is 48.5 Å². The van der Waals surface area contributed by atoms with Crippen LogP contribution in [0.15, 0.2) is 94.3 Å². The number of thiophene rings is 4. The minimum Gasteiger partial charge on any atom is -0.148 e. The van der Waals surface area contributed by atoms with Crippen molar-refractivity contribution in [1.82, 2.24) is 0 Å². The molecule has 0 aliphatic rings. The van der Waals surface area contributed by atoms with Crippen molar-refractivity contribution in [3.05, 3.63) is 125 Å². The first-order valence-electron chi connectivity index (χ1n) is 9.13. The molecule has 0 unspecified atom stereocenters. The third-order valence-electron chi connectivity index (χ3n) is 4.91. The van der Waals surface area contributed by atoms with Gasteiger partial charge in [-0.15, -0.1) is 45.3 Å². The Morgan fingerprint density at radius 1 is 0.393 bits per heavy atom. The Bertz CT molecular complexity index is 924. The van der Waals surface area contributed by atoms with E-state index in [1.807, 2.05) is 45.3 Å². The van der Waals surface area contributed by atoms with E-state index in [0.29, 0.717) is 11.8 Å². The van der Waals surface area contributed by atoms with Crippen molar-refractivity contribution in [3.8, 4) is 0 Å². The van der Waals surface area contributed by atoms with Crippen molar-refractivity contribution in [2.24, 2.45) is 0 Å². The highest BCUT2D eigenvalue weighted by Gasteiger charge is 2.22. The van der Waals surface area contributed by atoms with Crippen LogP contribution in [0.2, 0.25) is 0 Å². The summed E-state index contributed by atoms with van der Waals surface area (Å²) in [6.07, 6.45) is 0. The molecular weight excluding hydrogens is 417 g/mol. The van der Waals surface area contributed by atoms with Crippen LogP contribution in [0, 0.1) is 0 Å². The van der Waals surface area contributed by atoms with Gasteiger partial charge in [0, 0.05) is 19.5 Å². The van der Waals surface area contributed by atoms with Crippen LogP contribution in [0.5, 0.6) is 0 Å². The van der Waals surface area contributed by atoms with E-state index in [0.717, 1.165) is 0 Å². The fourth-order valence-electron chi connectivity index (χ4n) is 3.64. The van der Waals surface area contributed by atoms with Crippen molar-refractivity contribution in [1.29, 1.82) is 0 Å². The molecule has 28 heavy (non-hydrogen) atoms. The van der Waals surface area contributed by atoms with Gasteiger partial charge in [-0.3, -0.25) is 0 Å². The predicted molar refractivity (Wildman–Crippen MR) is 126 cm³/mol. The highest BCUT2D eigenvalue weighted by molar-refractivity contribution is 7.12. The Kier molecular flexibility index (Phi) is 5.28. The van der Waals surface area contributed by atoms with E-state index in [1.54, 1.807) is 0 Å². The molecule has 0 atom stereocenters. The van der Waals surface area contributed by atoms with Gasteiger partial charge in [0.25, 0.3) is 0 Å². The van der Waals surface area contributed by atoms with Crippen LogP contribution >= 0.6 is 45.3 Å². The first-order valence-corrected chi connectivity index (χ1v) is 12.7. The summed E-state index contributed by atoms with van der Waals surface area (Å²) in [5, 5.41) is 8.70. The van der Waals surface area contributed by atoms with E-state index in [2.05, 4.69) is 94.3 Å². The van der Waals surface area contributed by atoms with E-state index in [4.69, 9.17) is 0 Å². The zero-order valence-electron chi connectivity index (χ0n) is 15.0. The lowest BCUT2D eigenvalue weighted by Crippen LogP contribution is -2.02. The standard InChI is InChI=1S/C24H18S4/c1-5-19(25-13-1)23(20-6-2-14-26-20)17-9-11-18(12-10-17)24(21-7-3-15-27-21)22-8-4-16-28-22/h1-16,23-24H. The molecule has 5 aromatic rings. The van der Waals surface area contributed by atoms with Gasteiger partial charge >= 0.3 is 0 Å². The Morgan fingerprint density at radius 2 is 0.679 bits per heavy atom. The molecule has 5 rings (SSSR count). The molecule has 0 saturated carbocycles. The van der Waals surface area contributed by atoms with Gasteiger partial charge in [-0.25, -0.2) is 0 Å². The van der Waals surface area contributed by atoms with Gasteiger partial charge in [0.2, 0.25) is 0 Å². The molecule has 0 radical (unpaired) electrons. The maximum Gasteiger partial charge on any atom is 0.0527 e. The van der Waals surface area contributed by atoms with Crippen LogP contribution < -0.4 is 0 Å². The summed E-state index contributed by atoms with van der Waals surface area (Å²) in [6, 6.07) is 26.9. The van der Waals surface area contributed by atoms with Crippen LogP contribution in [0.4, 0.5) is 0 Å². The second-order valence-electron chi connectivity index (χ2n) is 6.59. The summed E-state index contributed by atoms with van der Waals surface area (Å²) in [4.78, 5) is 5.62. The van der Waals surface area contributed by atoms with Gasteiger partial charge in [0.05, 0.1) is 11.8 Å². The second-order valence-corrected chi connectivity index (χ2v) is 10.5. The van der Waals surface area contributed by atoms with Crippen LogP contribution in [0.25, 0.3) is 0 Å². The van der Waals surface area contributed by atoms with Gasteiger partial charge in [0.1, 0.15) is 0 Å². The number of hydrogen-bond donors (Lipinski definition) is 0. The lowest BCUT2D eigenvalue weighted by Gasteiger charge is -2.18. The van der Waals surface area contributed by atoms with Gasteiger partial charge in [-0.05, 0) is 56.9 Å². The van der Waals surface area contributed by atoms with Crippen molar-refractivity contribution in [3.63, 3.8) is 0 Å². The average Bonchev–Trinajstić information content (AvgIpc) is 3.52. The molecule has 4 aromatic heterocycles. The second kappa shape index (κ2) is 8.18. The normalized spacial score (nSPS) is 11.5. The summed E-state index contributed by atoms with van der Waals surface area (Å²) < 4.78 is 0. The topological polar surface area (TPSA) is 0 Å². The monoisotopic (exact) mass is 434 g/mol. The van der Waals surface area contributed by atoms with Crippen LogP contribution in [0.3, 0.4) is 0 Å². The number of benzene rings is 1. The Morgan fingerprint density at radius 3 is 0.893 bits per heavy atom. The quantitative estimate of drug-likeness (QED) is 0.252. The maximum absolute atomic E-state index is 2.33. The summed E-state index contributed by atoms with van der Waals surface area (Å²) in [5.74, 6) is 0.659. The molecule has 0 fully saturated rings. The highest BCUT2D eigenvalue weighted by Crippen LogP contribution is 2.40. The molecule has 1 aromatic carbocycles. The van der Waals surface area contributed by atoms with E-state index < -0.39 is 0 Å². The smallest absolute Gasteiger partial charge is 0.0527 e. The van der Waals surface area contributed by atoms with Gasteiger partial charge in [0.15, 0.2) is 0 Å². The molecule has 4 heteroatoms. The number of hydrogen-bond acceptors (Lipinski definition) is 4. The van der Waals surface area contributed by atoms with E-state index in [-0.39, 0.29) is 0 Å². The lowest BCUT2D eigenvalue weighted by molar-refractivity contribution is 1.00. The molecule has 0 spiro atoms. The SMILES string of the molecule is c1csc(C(c2ccc(C(c3cccs3)c3cccs3)cc2)c2cccs2)c1. The minimum absolute atomic E-state index is 0.330. The van der Waals surface area contributed by atoms with Gasteiger partial charge < -0.3 is 0 Å². The fraction of sp³-hybridized carbons (Fsp3) is 0.0833. The van der Waals surface area contributed by atoms with Gasteiger partial charge in [-0.2, -0.15) is 0 Å². The molecule has 0 amide bonds. The number of rotatable bonds is 6. The van der Waals surface area contributed by atoms with Crippen molar-refractivity contribution < 1.29 is 0 Å². The molecule has 0 saturated heterocycles. The summed E-state index contributed by atoms with van der Waals surface area (Å²) in [7, 11) is 0. The molecular formula is C24H18S4. The van der Waals surface area contributed by atoms with Crippen LogP contribution in [-0.2, 0) is 0 Å². The first-order chi connectivity index (χ1) is 13.9. The maximum atomic E-state index is 2.33. The largest absolute Gasteiger partial charge is 0.148 e. The zero-order valence-corrected chi connectivity index (χ0v) is 18.3. The Balaban J connectivity index is 1.54. The third-order valence-corrected chi connectivity index (χ3v) is 8.66. The molecule has 0 nitrogen and oxygen atoms in total. The molecule has 0 N–H and O–H groups in total. The third kappa shape index (κ3) is 3.53. The average molecular weight is 435 g/mol. The molecule has 0 aliphatic carbocycles. The van der Waals surface area contributed by atoms with E-state index >= 15 is 0 Å². The van der Waals surface area contributed by atoms with E-state index in [1.165, 1.54) is 30.6 Å². The predicted octanol–water partition coefficient (Wildman–Crippen LogP) is 8.29. The van der Waals surface area contributed by atoms with Crippen molar-refractivity contribution in [2.45, 2.75) is 11.8 Å². The van der Waals surface area contributed by atoms with E-state index in [9.17, 15) is 0 Å². The van der Waals surface area contributed by atoms with Crippen LogP contribution in [-0.4, -0.2) is 0 Å². The summed E-state index contributed by atoms with van der Waals surface area (Å²) in [5.41, 5.74) is 2.73. The molecule has 4 heterocycles. The molecule has 0 bridgehead atoms. The summed E-state index contributed by atoms with van der Waals surface area (Å²) >= 11 is 7.36. The molecule has 0 aliphatic heterocycles. The fourth-order valence-corrected chi connectivity index (χ4v) is 7.27. The molecule has 138 valence electrons. The lowest BCUT2D eigenvalue weighted by atomic mass is 9.90. The zero-order chi connectivity index (χ0) is 18.8. The Hall–Kier alpha value is -1.98. The van der Waals surface area contributed by atoms with Crippen molar-refractivity contribution in [2.75, 3.05) is 0 Å². The Labute approximate surface area is 181 Å². The highest BCUT2D eigenvalue weighted by atomic mass is 32.1. The minimum atomic E-state index is 0.330. The first kappa shape index (κ1) is 18.1. The van der Waals surface area contributed by atoms with Crippen molar-refractivity contribution >= 4 is 45.3 Å². The van der Waals surface area contributed by atoms with Crippen LogP contribution in [0.1, 0.15) is 42.5 Å². The summed E-state index contributed by atoms with van der Waals surface area (Å²) in [6.45, 7) is 0.